The molecular formula is C20H43N2+. The zero-order chi connectivity index (χ0) is 16.1. The predicted octanol–water partition coefficient (Wildman–Crippen LogP) is 5.08. The van der Waals surface area contributed by atoms with Gasteiger partial charge in [0.2, 0.25) is 0 Å². The Kier molecular flexibility index (Phi) is 11.2. The molecule has 1 heterocycles. The van der Waals surface area contributed by atoms with Gasteiger partial charge in [0.05, 0.1) is 26.2 Å². The second-order valence-electron chi connectivity index (χ2n) is 7.44. The molecule has 2 heteroatoms. The summed E-state index contributed by atoms with van der Waals surface area (Å²) < 4.78 is 1.40. The van der Waals surface area contributed by atoms with E-state index in [0.29, 0.717) is 0 Å². The molecule has 0 N–H and O–H groups in total. The zero-order valence-corrected chi connectivity index (χ0v) is 15.9. The molecule has 22 heavy (non-hydrogen) atoms. The van der Waals surface area contributed by atoms with Crippen molar-refractivity contribution in [3.05, 3.63) is 0 Å². The lowest BCUT2D eigenvalue weighted by Gasteiger charge is -2.44. The molecule has 2 nitrogen and oxygen atoms in total. The minimum atomic E-state index is 1.24. The summed E-state index contributed by atoms with van der Waals surface area (Å²) in [5.74, 6) is 0. The second kappa shape index (κ2) is 12.4. The highest BCUT2D eigenvalue weighted by atomic mass is 15.4. The fourth-order valence-corrected chi connectivity index (χ4v) is 3.88. The Hall–Kier alpha value is -0.0800. The smallest absolute Gasteiger partial charge is 0.0916 e. The third-order valence-corrected chi connectivity index (χ3v) is 5.89. The molecule has 0 amide bonds. The summed E-state index contributed by atoms with van der Waals surface area (Å²) in [5.41, 5.74) is 0. The molecule has 0 aliphatic carbocycles. The van der Waals surface area contributed by atoms with Crippen LogP contribution in [0.2, 0.25) is 0 Å². The van der Waals surface area contributed by atoms with Crippen molar-refractivity contribution in [3.8, 4) is 0 Å². The van der Waals surface area contributed by atoms with E-state index in [-0.39, 0.29) is 0 Å². The topological polar surface area (TPSA) is 3.24 Å². The van der Waals surface area contributed by atoms with Crippen molar-refractivity contribution in [1.29, 1.82) is 0 Å². The summed E-state index contributed by atoms with van der Waals surface area (Å²) in [6.07, 6.45) is 14.5. The van der Waals surface area contributed by atoms with Crippen LogP contribution in [-0.4, -0.2) is 55.2 Å². The van der Waals surface area contributed by atoms with Gasteiger partial charge < -0.3 is 4.48 Å². The average Bonchev–Trinajstić information content (AvgIpc) is 2.57. The Labute approximate surface area is 140 Å². The highest BCUT2D eigenvalue weighted by molar-refractivity contribution is 4.62. The van der Waals surface area contributed by atoms with Gasteiger partial charge in [-0.2, -0.15) is 0 Å². The number of nitrogens with zero attached hydrogens (tertiary/aromatic N) is 2. The van der Waals surface area contributed by atoms with Crippen molar-refractivity contribution in [2.75, 3.05) is 45.8 Å². The Morgan fingerprint density at radius 1 is 0.682 bits per heavy atom. The largest absolute Gasteiger partial charge is 0.322 e. The van der Waals surface area contributed by atoms with Gasteiger partial charge in [0.15, 0.2) is 0 Å². The molecule has 0 saturated carbocycles. The number of unbranched alkanes of at least 4 members (excludes halogenated alkanes) is 9. The van der Waals surface area contributed by atoms with Gasteiger partial charge >= 0.3 is 0 Å². The molecule has 1 saturated heterocycles. The minimum Gasteiger partial charge on any atom is -0.322 e. The van der Waals surface area contributed by atoms with Crippen molar-refractivity contribution in [3.63, 3.8) is 0 Å². The monoisotopic (exact) mass is 311 g/mol. The first kappa shape index (κ1) is 20.0. The Balaban J connectivity index is 1.98. The molecule has 1 fully saturated rings. The lowest BCUT2D eigenvalue weighted by Crippen LogP contribution is -2.59. The van der Waals surface area contributed by atoms with Crippen LogP contribution < -0.4 is 0 Å². The number of likely N-dealkylation sites (N-methyl/N-ethyl adjacent to an activating group) is 2. The SMILES string of the molecule is CCCCCCCCCCCC[N+]1(CC)CCN(CC)CC1. The number of hydrogen-bond donors (Lipinski definition) is 0. The molecule has 1 aliphatic heterocycles. The van der Waals surface area contributed by atoms with Gasteiger partial charge in [0.25, 0.3) is 0 Å². The highest BCUT2D eigenvalue weighted by Crippen LogP contribution is 2.16. The Morgan fingerprint density at radius 2 is 1.18 bits per heavy atom. The summed E-state index contributed by atoms with van der Waals surface area (Å²) in [7, 11) is 0. The minimum absolute atomic E-state index is 1.24. The van der Waals surface area contributed by atoms with E-state index in [4.69, 9.17) is 0 Å². The number of quaternary nitrogens is 1. The maximum atomic E-state index is 2.62. The van der Waals surface area contributed by atoms with E-state index < -0.39 is 0 Å². The van der Waals surface area contributed by atoms with Gasteiger partial charge in [-0.3, -0.25) is 4.90 Å². The van der Waals surface area contributed by atoms with Crippen LogP contribution in [0.25, 0.3) is 0 Å². The number of rotatable bonds is 13. The number of piperazine rings is 1. The van der Waals surface area contributed by atoms with Gasteiger partial charge in [-0.05, 0) is 26.3 Å². The normalized spacial score (nSPS) is 18.7. The quantitative estimate of drug-likeness (QED) is 0.339. The van der Waals surface area contributed by atoms with E-state index >= 15 is 0 Å². The fraction of sp³-hybridized carbons (Fsp3) is 1.00. The zero-order valence-electron chi connectivity index (χ0n) is 15.9. The van der Waals surface area contributed by atoms with Gasteiger partial charge in [-0.15, -0.1) is 0 Å². The molecular weight excluding hydrogens is 268 g/mol. The molecule has 0 aromatic rings. The third kappa shape index (κ3) is 7.97. The first-order valence-corrected chi connectivity index (χ1v) is 10.3. The van der Waals surface area contributed by atoms with E-state index in [9.17, 15) is 0 Å². The van der Waals surface area contributed by atoms with E-state index in [1.807, 2.05) is 0 Å². The third-order valence-electron chi connectivity index (χ3n) is 5.89. The molecule has 1 rings (SSSR count). The number of hydrogen-bond acceptors (Lipinski definition) is 1. The van der Waals surface area contributed by atoms with Gasteiger partial charge in [0.1, 0.15) is 0 Å². The molecule has 0 aromatic carbocycles. The summed E-state index contributed by atoms with van der Waals surface area (Å²) in [5, 5.41) is 0. The molecule has 0 atom stereocenters. The van der Waals surface area contributed by atoms with Crippen LogP contribution in [0.15, 0.2) is 0 Å². The Bertz CT molecular complexity index is 244. The molecule has 132 valence electrons. The Morgan fingerprint density at radius 3 is 1.64 bits per heavy atom. The van der Waals surface area contributed by atoms with Crippen molar-refractivity contribution in [1.82, 2.24) is 4.90 Å². The van der Waals surface area contributed by atoms with Crippen molar-refractivity contribution in [2.24, 2.45) is 0 Å². The van der Waals surface area contributed by atoms with E-state index in [2.05, 4.69) is 25.7 Å². The first-order valence-electron chi connectivity index (χ1n) is 10.3. The van der Waals surface area contributed by atoms with Gasteiger partial charge in [0, 0.05) is 13.1 Å². The van der Waals surface area contributed by atoms with Crippen LogP contribution in [0, 0.1) is 0 Å². The maximum absolute atomic E-state index is 2.62. The predicted molar refractivity (Wildman–Crippen MR) is 99.4 cm³/mol. The standard InChI is InChI=1S/C20H43N2/c1-4-7-8-9-10-11-12-13-14-15-18-22(6-3)19-16-21(5-2)17-20-22/h4-20H2,1-3H3/q+1. The van der Waals surface area contributed by atoms with Crippen LogP contribution in [0.4, 0.5) is 0 Å². The molecule has 0 unspecified atom stereocenters. The fourth-order valence-electron chi connectivity index (χ4n) is 3.88. The first-order chi connectivity index (χ1) is 10.8. The molecule has 0 radical (unpaired) electrons. The lowest BCUT2D eigenvalue weighted by molar-refractivity contribution is -0.930. The summed E-state index contributed by atoms with van der Waals surface area (Å²) in [4.78, 5) is 2.62. The highest BCUT2D eigenvalue weighted by Gasteiger charge is 2.29. The van der Waals surface area contributed by atoms with Crippen LogP contribution in [0.1, 0.15) is 85.0 Å². The molecule has 1 aliphatic rings. The average molecular weight is 312 g/mol. The second-order valence-corrected chi connectivity index (χ2v) is 7.44. The maximum Gasteiger partial charge on any atom is 0.0916 e. The van der Waals surface area contributed by atoms with Crippen LogP contribution in [-0.2, 0) is 0 Å². The van der Waals surface area contributed by atoms with Crippen LogP contribution in [0.3, 0.4) is 0 Å². The van der Waals surface area contributed by atoms with E-state index in [1.165, 1.54) is 115 Å². The summed E-state index contributed by atoms with van der Waals surface area (Å²) >= 11 is 0. The van der Waals surface area contributed by atoms with Crippen molar-refractivity contribution >= 4 is 0 Å². The lowest BCUT2D eigenvalue weighted by atomic mass is 10.1. The van der Waals surface area contributed by atoms with Crippen molar-refractivity contribution < 1.29 is 4.48 Å². The van der Waals surface area contributed by atoms with E-state index in [1.54, 1.807) is 0 Å². The molecule has 0 spiro atoms. The summed E-state index contributed by atoms with van der Waals surface area (Å²) in [6, 6.07) is 0. The van der Waals surface area contributed by atoms with E-state index in [0.717, 1.165) is 0 Å². The summed E-state index contributed by atoms with van der Waals surface area (Å²) in [6.45, 7) is 16.4. The van der Waals surface area contributed by atoms with Gasteiger partial charge in [-0.25, -0.2) is 0 Å². The molecule has 0 aromatic heterocycles. The molecule has 0 bridgehead atoms. The van der Waals surface area contributed by atoms with Gasteiger partial charge in [-0.1, -0.05) is 65.2 Å². The van der Waals surface area contributed by atoms with Crippen LogP contribution in [0.5, 0.6) is 0 Å². The van der Waals surface area contributed by atoms with Crippen molar-refractivity contribution in [2.45, 2.75) is 85.0 Å². The van der Waals surface area contributed by atoms with Crippen LogP contribution >= 0.6 is 0 Å².